The Morgan fingerprint density at radius 3 is 2.78 bits per heavy atom. The van der Waals surface area contributed by atoms with E-state index in [1.807, 2.05) is 0 Å². The second-order valence-electron chi connectivity index (χ2n) is 5.52. The molecule has 0 unspecified atom stereocenters. The summed E-state index contributed by atoms with van der Waals surface area (Å²) < 4.78 is 36.6. The summed E-state index contributed by atoms with van der Waals surface area (Å²) in [7, 11) is -3.00. The van der Waals surface area contributed by atoms with Crippen LogP contribution in [-0.2, 0) is 30.1 Å². The second-order valence-corrected chi connectivity index (χ2v) is 6.87. The minimum atomic E-state index is -4.81. The average molecular weight is 337 g/mol. The molecule has 0 atom stereocenters. The van der Waals surface area contributed by atoms with Gasteiger partial charge in [-0.2, -0.15) is 13.5 Å². The van der Waals surface area contributed by atoms with E-state index in [2.05, 4.69) is 10.4 Å². The average Bonchev–Trinajstić information content (AvgIpc) is 2.85. The molecule has 0 saturated heterocycles. The maximum atomic E-state index is 13.0. The van der Waals surface area contributed by atoms with Crippen LogP contribution in [0.2, 0.25) is 0 Å². The summed E-state index contributed by atoms with van der Waals surface area (Å²) in [6.45, 7) is 0. The molecule has 6 nitrogen and oxygen atoms in total. The molecule has 2 aromatic rings. The normalized spacial score (nSPS) is 14.3. The summed E-state index contributed by atoms with van der Waals surface area (Å²) in [6.07, 6.45) is 3.77. The van der Waals surface area contributed by atoms with Gasteiger partial charge < -0.3 is 5.32 Å². The van der Waals surface area contributed by atoms with Crippen molar-refractivity contribution in [2.75, 3.05) is 5.32 Å². The fraction of sp³-hybridized carbons (Fsp3) is 0.333. The first-order chi connectivity index (χ1) is 10.9. The number of hydrogen-bond donors (Lipinski definition) is 1. The van der Waals surface area contributed by atoms with E-state index in [0.717, 1.165) is 49.1 Å². The Morgan fingerprint density at radius 2 is 2.04 bits per heavy atom. The first kappa shape index (κ1) is 15.7. The SMILES string of the molecule is Cn1nc(C(=O)Nc2cccc(S(=O)(=O)F)c2)c2c1CCCC2. The van der Waals surface area contributed by atoms with Gasteiger partial charge in [-0.3, -0.25) is 9.48 Å². The monoisotopic (exact) mass is 337 g/mol. The lowest BCUT2D eigenvalue weighted by molar-refractivity contribution is 0.102. The summed E-state index contributed by atoms with van der Waals surface area (Å²) in [5.41, 5.74) is 2.55. The smallest absolute Gasteiger partial charge is 0.321 e. The van der Waals surface area contributed by atoms with E-state index in [1.54, 1.807) is 11.7 Å². The molecule has 1 aliphatic carbocycles. The number of anilines is 1. The van der Waals surface area contributed by atoms with Crippen molar-refractivity contribution >= 4 is 21.8 Å². The lowest BCUT2D eigenvalue weighted by atomic mass is 9.95. The van der Waals surface area contributed by atoms with Crippen molar-refractivity contribution in [3.63, 3.8) is 0 Å². The van der Waals surface area contributed by atoms with Crippen molar-refractivity contribution in [1.29, 1.82) is 0 Å². The van der Waals surface area contributed by atoms with Gasteiger partial charge in [0.25, 0.3) is 5.91 Å². The molecular formula is C15H16FN3O3S. The zero-order valence-electron chi connectivity index (χ0n) is 12.5. The van der Waals surface area contributed by atoms with E-state index in [4.69, 9.17) is 0 Å². The van der Waals surface area contributed by atoms with Crippen molar-refractivity contribution in [1.82, 2.24) is 9.78 Å². The van der Waals surface area contributed by atoms with Crippen molar-refractivity contribution in [3.05, 3.63) is 41.2 Å². The highest BCUT2D eigenvalue weighted by atomic mass is 32.3. The maximum Gasteiger partial charge on any atom is 0.332 e. The Kier molecular flexibility index (Phi) is 3.93. The van der Waals surface area contributed by atoms with Crippen molar-refractivity contribution < 1.29 is 17.1 Å². The molecule has 23 heavy (non-hydrogen) atoms. The van der Waals surface area contributed by atoms with Gasteiger partial charge in [0, 0.05) is 24.0 Å². The first-order valence-corrected chi connectivity index (χ1v) is 8.65. The number of amides is 1. The Bertz CT molecular complexity index is 874. The molecule has 1 aromatic heterocycles. The molecule has 1 aromatic carbocycles. The Hall–Kier alpha value is -2.22. The highest BCUT2D eigenvalue weighted by Crippen LogP contribution is 2.25. The number of carbonyl (C=O) groups is 1. The van der Waals surface area contributed by atoms with E-state index >= 15 is 0 Å². The number of hydrogen-bond acceptors (Lipinski definition) is 4. The number of aromatic nitrogens is 2. The largest absolute Gasteiger partial charge is 0.332 e. The Labute approximate surface area is 133 Å². The predicted octanol–water partition coefficient (Wildman–Crippen LogP) is 2.21. The Balaban J connectivity index is 1.88. The molecule has 8 heteroatoms. The zero-order valence-corrected chi connectivity index (χ0v) is 13.4. The predicted molar refractivity (Wildman–Crippen MR) is 82.5 cm³/mol. The highest BCUT2D eigenvalue weighted by molar-refractivity contribution is 7.86. The van der Waals surface area contributed by atoms with Crippen molar-refractivity contribution in [2.24, 2.45) is 7.05 Å². The van der Waals surface area contributed by atoms with Gasteiger partial charge >= 0.3 is 10.2 Å². The number of carbonyl (C=O) groups excluding carboxylic acids is 1. The van der Waals surface area contributed by atoms with E-state index in [0.29, 0.717) is 5.69 Å². The number of nitrogens with one attached hydrogen (secondary N) is 1. The van der Waals surface area contributed by atoms with Crippen LogP contribution in [0.4, 0.5) is 9.57 Å². The van der Waals surface area contributed by atoms with E-state index < -0.39 is 21.0 Å². The summed E-state index contributed by atoms with van der Waals surface area (Å²) in [4.78, 5) is 11.9. The molecule has 0 saturated carbocycles. The van der Waals surface area contributed by atoms with Crippen molar-refractivity contribution in [3.8, 4) is 0 Å². The topological polar surface area (TPSA) is 81.1 Å². The van der Waals surface area contributed by atoms with E-state index in [1.165, 1.54) is 12.1 Å². The van der Waals surface area contributed by atoms with Crippen LogP contribution in [-0.4, -0.2) is 24.1 Å². The van der Waals surface area contributed by atoms with Crippen LogP contribution >= 0.6 is 0 Å². The lowest BCUT2D eigenvalue weighted by Gasteiger charge is -2.12. The third-order valence-corrected chi connectivity index (χ3v) is 4.77. The summed E-state index contributed by atoms with van der Waals surface area (Å²) in [6, 6.07) is 5.09. The zero-order chi connectivity index (χ0) is 16.6. The quantitative estimate of drug-likeness (QED) is 0.871. The van der Waals surface area contributed by atoms with E-state index in [-0.39, 0.29) is 5.69 Å². The van der Waals surface area contributed by atoms with Crippen LogP contribution in [0.3, 0.4) is 0 Å². The van der Waals surface area contributed by atoms with Gasteiger partial charge in [0.15, 0.2) is 5.69 Å². The highest BCUT2D eigenvalue weighted by Gasteiger charge is 2.24. The maximum absolute atomic E-state index is 13.0. The first-order valence-electron chi connectivity index (χ1n) is 7.27. The fourth-order valence-corrected chi connectivity index (χ4v) is 3.38. The van der Waals surface area contributed by atoms with Gasteiger partial charge in [-0.1, -0.05) is 6.07 Å². The number of halogens is 1. The minimum absolute atomic E-state index is 0.212. The standard InChI is InChI=1S/C15H16FN3O3S/c1-19-13-8-3-2-7-12(13)14(18-19)15(20)17-10-5-4-6-11(9-10)23(16,21)22/h4-6,9H,2-3,7-8H2,1H3,(H,17,20). The third kappa shape index (κ3) is 3.12. The van der Waals surface area contributed by atoms with Gasteiger partial charge in [-0.05, 0) is 43.9 Å². The molecule has 0 aliphatic heterocycles. The molecule has 122 valence electrons. The van der Waals surface area contributed by atoms with Gasteiger partial charge in [-0.15, -0.1) is 3.89 Å². The molecule has 0 radical (unpaired) electrons. The molecule has 3 rings (SSSR count). The van der Waals surface area contributed by atoms with Crippen LogP contribution in [0.1, 0.15) is 34.6 Å². The molecule has 0 spiro atoms. The van der Waals surface area contributed by atoms with Crippen molar-refractivity contribution in [2.45, 2.75) is 30.6 Å². The van der Waals surface area contributed by atoms with Crippen LogP contribution in [0.25, 0.3) is 0 Å². The van der Waals surface area contributed by atoms with E-state index in [9.17, 15) is 17.1 Å². The number of rotatable bonds is 3. The summed E-state index contributed by atoms with van der Waals surface area (Å²) in [5.74, 6) is -0.419. The molecule has 1 amide bonds. The fourth-order valence-electron chi connectivity index (χ4n) is 2.87. The molecule has 1 aliphatic rings. The molecule has 1 N–H and O–H groups in total. The molecule has 0 fully saturated rings. The minimum Gasteiger partial charge on any atom is -0.321 e. The number of nitrogens with zero attached hydrogens (tertiary/aromatic N) is 2. The van der Waals surface area contributed by atoms with Crippen LogP contribution < -0.4 is 5.32 Å². The van der Waals surface area contributed by atoms with Crippen LogP contribution in [0.5, 0.6) is 0 Å². The lowest BCUT2D eigenvalue weighted by Crippen LogP contribution is -2.15. The molecule has 0 bridgehead atoms. The second kappa shape index (κ2) is 5.77. The summed E-state index contributed by atoms with van der Waals surface area (Å²) in [5, 5.41) is 6.86. The van der Waals surface area contributed by atoms with Crippen LogP contribution in [0, 0.1) is 0 Å². The number of fused-ring (bicyclic) bond motifs is 1. The van der Waals surface area contributed by atoms with Gasteiger partial charge in [-0.25, -0.2) is 0 Å². The van der Waals surface area contributed by atoms with Crippen LogP contribution in [0.15, 0.2) is 29.2 Å². The third-order valence-electron chi connectivity index (χ3n) is 3.95. The van der Waals surface area contributed by atoms with Gasteiger partial charge in [0.1, 0.15) is 4.90 Å². The van der Waals surface area contributed by atoms with Gasteiger partial charge in [0.05, 0.1) is 0 Å². The number of aryl methyl sites for hydroxylation is 1. The Morgan fingerprint density at radius 1 is 1.30 bits per heavy atom. The van der Waals surface area contributed by atoms with Gasteiger partial charge in [0.2, 0.25) is 0 Å². The number of benzene rings is 1. The summed E-state index contributed by atoms with van der Waals surface area (Å²) >= 11 is 0. The molecule has 1 heterocycles. The molecular weight excluding hydrogens is 321 g/mol.